The summed E-state index contributed by atoms with van der Waals surface area (Å²) in [6.07, 6.45) is 0. The summed E-state index contributed by atoms with van der Waals surface area (Å²) in [6, 6.07) is 14.1. The van der Waals surface area contributed by atoms with E-state index in [1.807, 2.05) is 56.3 Å². The predicted octanol–water partition coefficient (Wildman–Crippen LogP) is 3.14. The first kappa shape index (κ1) is 19.6. The van der Waals surface area contributed by atoms with Crippen LogP contribution in [0.3, 0.4) is 0 Å². The lowest BCUT2D eigenvalue weighted by Gasteiger charge is -2.26. The summed E-state index contributed by atoms with van der Waals surface area (Å²) in [5.41, 5.74) is 2.09. The number of benzene rings is 2. The van der Waals surface area contributed by atoms with E-state index in [0.717, 1.165) is 16.9 Å². The van der Waals surface area contributed by atoms with Gasteiger partial charge in [0.05, 0.1) is 18.5 Å². The van der Waals surface area contributed by atoms with Crippen LogP contribution in [0.4, 0.5) is 0 Å². The molecule has 0 aliphatic rings. The molecule has 6 nitrogen and oxygen atoms in total. The molecule has 0 spiro atoms. The third-order valence-corrected chi connectivity index (χ3v) is 4.68. The third kappa shape index (κ3) is 4.07. The van der Waals surface area contributed by atoms with Crippen LogP contribution in [0.1, 0.15) is 27.7 Å². The highest BCUT2D eigenvalue weighted by atomic mass is 16.5. The molecule has 1 unspecified atom stereocenters. The van der Waals surface area contributed by atoms with E-state index in [-0.39, 0.29) is 17.2 Å². The molecule has 3 rings (SSSR count). The number of hydrogen-bond donors (Lipinski definition) is 1. The van der Waals surface area contributed by atoms with Crippen LogP contribution < -0.4 is 15.5 Å². The van der Waals surface area contributed by atoms with Crippen molar-refractivity contribution >= 4 is 16.9 Å². The van der Waals surface area contributed by atoms with Crippen molar-refractivity contribution in [2.75, 3.05) is 27.7 Å². The Bertz CT molecular complexity index is 1060. The van der Waals surface area contributed by atoms with Crippen molar-refractivity contribution in [3.63, 3.8) is 0 Å². The van der Waals surface area contributed by atoms with Crippen molar-refractivity contribution in [3.05, 3.63) is 75.6 Å². The van der Waals surface area contributed by atoms with Crippen molar-refractivity contribution in [1.82, 2.24) is 10.2 Å². The van der Waals surface area contributed by atoms with Crippen molar-refractivity contribution in [3.8, 4) is 5.75 Å². The molecule has 1 amide bonds. The van der Waals surface area contributed by atoms with Gasteiger partial charge >= 0.3 is 0 Å². The number of likely N-dealkylation sites (N-methyl/N-ethyl adjacent to an activating group) is 1. The van der Waals surface area contributed by atoms with Gasteiger partial charge in [0.25, 0.3) is 5.91 Å². The Labute approximate surface area is 163 Å². The molecule has 0 radical (unpaired) electrons. The SMILES string of the molecule is COc1ccccc1C(CNC(=O)c1cc(=O)c2cc(C)ccc2o1)N(C)C. The zero-order chi connectivity index (χ0) is 20.3. The zero-order valence-electron chi connectivity index (χ0n) is 16.5. The molecule has 0 aliphatic heterocycles. The first-order valence-corrected chi connectivity index (χ1v) is 9.02. The van der Waals surface area contributed by atoms with Crippen LogP contribution in [0.25, 0.3) is 11.0 Å². The zero-order valence-corrected chi connectivity index (χ0v) is 16.5. The number of para-hydroxylation sites is 1. The molecule has 146 valence electrons. The van der Waals surface area contributed by atoms with E-state index < -0.39 is 5.91 Å². The van der Waals surface area contributed by atoms with E-state index >= 15 is 0 Å². The average molecular weight is 380 g/mol. The highest BCUT2D eigenvalue weighted by Crippen LogP contribution is 2.27. The summed E-state index contributed by atoms with van der Waals surface area (Å²) in [5, 5.41) is 3.33. The average Bonchev–Trinajstić information content (AvgIpc) is 2.68. The number of methoxy groups -OCH3 is 1. The molecule has 1 N–H and O–H groups in total. The second-order valence-corrected chi connectivity index (χ2v) is 6.91. The number of nitrogens with zero attached hydrogens (tertiary/aromatic N) is 1. The Hall–Kier alpha value is -3.12. The van der Waals surface area contributed by atoms with Crippen molar-refractivity contribution in [1.29, 1.82) is 0 Å². The molecule has 6 heteroatoms. The minimum absolute atomic E-state index is 0.00103. The molecule has 2 aromatic carbocycles. The number of ether oxygens (including phenoxy) is 1. The standard InChI is InChI=1S/C22H24N2O4/c1-14-9-10-20-16(11-14)18(25)12-21(28-20)22(26)23-13-17(24(2)3)15-7-5-6-8-19(15)27-4/h5-12,17H,13H2,1-4H3,(H,23,26). The maximum atomic E-state index is 12.6. The lowest BCUT2D eigenvalue weighted by Crippen LogP contribution is -2.35. The van der Waals surface area contributed by atoms with Crippen molar-refractivity contribution < 1.29 is 13.9 Å². The molecule has 0 aliphatic carbocycles. The Balaban J connectivity index is 1.83. The summed E-state index contributed by atoms with van der Waals surface area (Å²) >= 11 is 0. The van der Waals surface area contributed by atoms with Gasteiger partial charge in [0.2, 0.25) is 0 Å². The highest BCUT2D eigenvalue weighted by molar-refractivity contribution is 5.93. The fourth-order valence-electron chi connectivity index (χ4n) is 3.17. The number of hydrogen-bond acceptors (Lipinski definition) is 5. The molecule has 0 saturated carbocycles. The largest absolute Gasteiger partial charge is 0.496 e. The Kier molecular flexibility index (Phi) is 5.80. The summed E-state index contributed by atoms with van der Waals surface area (Å²) in [6.45, 7) is 2.24. The van der Waals surface area contributed by atoms with Crippen molar-refractivity contribution in [2.24, 2.45) is 0 Å². The highest BCUT2D eigenvalue weighted by Gasteiger charge is 2.20. The van der Waals surface area contributed by atoms with Gasteiger partial charge in [0.1, 0.15) is 11.3 Å². The van der Waals surface area contributed by atoms with Crippen LogP contribution in [0.5, 0.6) is 5.75 Å². The van der Waals surface area contributed by atoms with E-state index in [1.165, 1.54) is 6.07 Å². The van der Waals surface area contributed by atoms with Gasteiger partial charge in [-0.05, 0) is 39.2 Å². The minimum Gasteiger partial charge on any atom is -0.496 e. The van der Waals surface area contributed by atoms with Crippen LogP contribution >= 0.6 is 0 Å². The smallest absolute Gasteiger partial charge is 0.287 e. The number of nitrogens with one attached hydrogen (secondary N) is 1. The van der Waals surface area contributed by atoms with Gasteiger partial charge in [0.15, 0.2) is 11.2 Å². The van der Waals surface area contributed by atoms with E-state index in [2.05, 4.69) is 5.32 Å². The molecule has 3 aromatic rings. The molecular formula is C22H24N2O4. The summed E-state index contributed by atoms with van der Waals surface area (Å²) in [5.74, 6) is 0.322. The Morgan fingerprint density at radius 2 is 1.93 bits per heavy atom. The summed E-state index contributed by atoms with van der Waals surface area (Å²) in [4.78, 5) is 27.0. The van der Waals surface area contributed by atoms with Crippen LogP contribution in [-0.4, -0.2) is 38.6 Å². The molecule has 0 bridgehead atoms. The van der Waals surface area contributed by atoms with Crippen LogP contribution in [0.2, 0.25) is 0 Å². The summed E-state index contributed by atoms with van der Waals surface area (Å²) < 4.78 is 11.1. The van der Waals surface area contributed by atoms with Gasteiger partial charge in [-0.15, -0.1) is 0 Å². The number of carbonyl (C=O) groups is 1. The molecule has 1 atom stereocenters. The second kappa shape index (κ2) is 8.27. The molecule has 1 heterocycles. The third-order valence-electron chi connectivity index (χ3n) is 4.68. The van der Waals surface area contributed by atoms with Crippen LogP contribution in [-0.2, 0) is 0 Å². The van der Waals surface area contributed by atoms with E-state index in [1.54, 1.807) is 19.2 Å². The fourth-order valence-corrected chi connectivity index (χ4v) is 3.17. The number of amides is 1. The quantitative estimate of drug-likeness (QED) is 0.711. The van der Waals surface area contributed by atoms with Crippen LogP contribution in [0, 0.1) is 6.92 Å². The second-order valence-electron chi connectivity index (χ2n) is 6.91. The van der Waals surface area contributed by atoms with E-state index in [0.29, 0.717) is 17.5 Å². The number of aryl methyl sites for hydroxylation is 1. The number of fused-ring (bicyclic) bond motifs is 1. The van der Waals surface area contributed by atoms with Gasteiger partial charge in [-0.1, -0.05) is 29.8 Å². The number of carbonyl (C=O) groups excluding carboxylic acids is 1. The van der Waals surface area contributed by atoms with E-state index in [4.69, 9.17) is 9.15 Å². The molecule has 0 saturated heterocycles. The van der Waals surface area contributed by atoms with Gasteiger partial charge < -0.3 is 19.4 Å². The Morgan fingerprint density at radius 1 is 1.18 bits per heavy atom. The monoisotopic (exact) mass is 380 g/mol. The van der Waals surface area contributed by atoms with Gasteiger partial charge in [-0.25, -0.2) is 0 Å². The fraction of sp³-hybridized carbons (Fsp3) is 0.273. The van der Waals surface area contributed by atoms with Gasteiger partial charge in [-0.2, -0.15) is 0 Å². The lowest BCUT2D eigenvalue weighted by molar-refractivity contribution is 0.0914. The predicted molar refractivity (Wildman–Crippen MR) is 109 cm³/mol. The van der Waals surface area contributed by atoms with Crippen LogP contribution in [0.15, 0.2) is 57.7 Å². The maximum Gasteiger partial charge on any atom is 0.287 e. The maximum absolute atomic E-state index is 12.6. The minimum atomic E-state index is -0.429. The topological polar surface area (TPSA) is 71.8 Å². The first-order valence-electron chi connectivity index (χ1n) is 9.02. The normalized spacial score (nSPS) is 12.2. The van der Waals surface area contributed by atoms with Gasteiger partial charge in [-0.3, -0.25) is 9.59 Å². The molecule has 0 fully saturated rings. The van der Waals surface area contributed by atoms with Gasteiger partial charge in [0, 0.05) is 18.2 Å². The molecule has 28 heavy (non-hydrogen) atoms. The molecule has 1 aromatic heterocycles. The van der Waals surface area contributed by atoms with E-state index in [9.17, 15) is 9.59 Å². The summed E-state index contributed by atoms with van der Waals surface area (Å²) in [7, 11) is 5.49. The molecular weight excluding hydrogens is 356 g/mol. The number of rotatable bonds is 6. The Morgan fingerprint density at radius 3 is 2.64 bits per heavy atom. The first-order chi connectivity index (χ1) is 13.4. The van der Waals surface area contributed by atoms with Crippen molar-refractivity contribution in [2.45, 2.75) is 13.0 Å². The lowest BCUT2D eigenvalue weighted by atomic mass is 10.0.